The van der Waals surface area contributed by atoms with E-state index in [0.29, 0.717) is 0 Å². The first kappa shape index (κ1) is 12.4. The second-order valence-electron chi connectivity index (χ2n) is 6.07. The third-order valence-electron chi connectivity index (χ3n) is 3.33. The first-order chi connectivity index (χ1) is 8.04. The minimum absolute atomic E-state index is 0.236. The smallest absolute Gasteiger partial charge is 0.0366 e. The van der Waals surface area contributed by atoms with Crippen molar-refractivity contribution in [2.45, 2.75) is 32.7 Å². The van der Waals surface area contributed by atoms with Crippen molar-refractivity contribution in [3.05, 3.63) is 30.3 Å². The summed E-state index contributed by atoms with van der Waals surface area (Å²) in [6.07, 6.45) is 1.30. The zero-order chi connectivity index (χ0) is 12.3. The van der Waals surface area contributed by atoms with Gasteiger partial charge in [-0.25, -0.2) is 0 Å². The zero-order valence-corrected chi connectivity index (χ0v) is 11.2. The molecular weight excluding hydrogens is 208 g/mol. The molecule has 1 unspecified atom stereocenters. The van der Waals surface area contributed by atoms with Crippen LogP contribution in [-0.2, 0) is 0 Å². The van der Waals surface area contributed by atoms with Crippen LogP contribution < -0.4 is 10.2 Å². The Bertz CT molecular complexity index is 340. The van der Waals surface area contributed by atoms with Gasteiger partial charge in [-0.3, -0.25) is 0 Å². The van der Waals surface area contributed by atoms with Gasteiger partial charge in [-0.05, 0) is 45.2 Å². The number of rotatable bonds is 3. The molecule has 1 heterocycles. The van der Waals surface area contributed by atoms with Crippen LogP contribution >= 0.6 is 0 Å². The number of para-hydroxylation sites is 1. The van der Waals surface area contributed by atoms with Crippen molar-refractivity contribution in [3.63, 3.8) is 0 Å². The predicted molar refractivity (Wildman–Crippen MR) is 74.5 cm³/mol. The Hall–Kier alpha value is -1.02. The third-order valence-corrected chi connectivity index (χ3v) is 3.33. The molecule has 0 amide bonds. The van der Waals surface area contributed by atoms with E-state index in [1.165, 1.54) is 25.2 Å². The highest BCUT2D eigenvalue weighted by Gasteiger charge is 2.23. The van der Waals surface area contributed by atoms with Crippen molar-refractivity contribution in [2.75, 3.05) is 24.5 Å². The molecule has 1 aliphatic rings. The maximum Gasteiger partial charge on any atom is 0.0366 e. The second-order valence-corrected chi connectivity index (χ2v) is 6.07. The molecule has 17 heavy (non-hydrogen) atoms. The van der Waals surface area contributed by atoms with Gasteiger partial charge in [0, 0.05) is 30.9 Å². The fourth-order valence-electron chi connectivity index (χ4n) is 2.32. The molecule has 2 heteroatoms. The highest BCUT2D eigenvalue weighted by Crippen LogP contribution is 2.23. The largest absolute Gasteiger partial charge is 0.371 e. The monoisotopic (exact) mass is 232 g/mol. The van der Waals surface area contributed by atoms with Crippen molar-refractivity contribution in [1.29, 1.82) is 0 Å². The molecule has 0 saturated carbocycles. The molecule has 0 radical (unpaired) electrons. The van der Waals surface area contributed by atoms with E-state index in [0.717, 1.165) is 12.5 Å². The Balaban J connectivity index is 1.84. The van der Waals surface area contributed by atoms with Gasteiger partial charge in [0.15, 0.2) is 0 Å². The van der Waals surface area contributed by atoms with Gasteiger partial charge >= 0.3 is 0 Å². The summed E-state index contributed by atoms with van der Waals surface area (Å²) in [4.78, 5) is 2.50. The number of anilines is 1. The van der Waals surface area contributed by atoms with E-state index < -0.39 is 0 Å². The van der Waals surface area contributed by atoms with Crippen LogP contribution in [0.2, 0.25) is 0 Å². The lowest BCUT2D eigenvalue weighted by molar-refractivity contribution is 0.383. The Labute approximate surface area is 105 Å². The van der Waals surface area contributed by atoms with Crippen molar-refractivity contribution in [2.24, 2.45) is 5.92 Å². The van der Waals surface area contributed by atoms with Crippen LogP contribution in [0.15, 0.2) is 30.3 Å². The van der Waals surface area contributed by atoms with Gasteiger partial charge in [0.2, 0.25) is 0 Å². The maximum atomic E-state index is 3.61. The van der Waals surface area contributed by atoms with E-state index >= 15 is 0 Å². The number of benzene rings is 1. The summed E-state index contributed by atoms with van der Waals surface area (Å²) in [7, 11) is 0. The summed E-state index contributed by atoms with van der Waals surface area (Å²) in [6, 6.07) is 10.7. The lowest BCUT2D eigenvalue weighted by atomic mass is 10.1. The summed E-state index contributed by atoms with van der Waals surface area (Å²) in [5, 5.41) is 3.61. The molecule has 1 aromatic rings. The molecule has 1 N–H and O–H groups in total. The van der Waals surface area contributed by atoms with Crippen LogP contribution in [0, 0.1) is 5.92 Å². The molecule has 1 aliphatic heterocycles. The maximum absolute atomic E-state index is 3.61. The Morgan fingerprint density at radius 2 is 1.94 bits per heavy atom. The van der Waals surface area contributed by atoms with Gasteiger partial charge in [0.05, 0.1) is 0 Å². The van der Waals surface area contributed by atoms with Crippen molar-refractivity contribution in [1.82, 2.24) is 5.32 Å². The van der Waals surface area contributed by atoms with Crippen molar-refractivity contribution < 1.29 is 0 Å². The number of nitrogens with zero attached hydrogens (tertiary/aromatic N) is 1. The lowest BCUT2D eigenvalue weighted by Gasteiger charge is -2.24. The van der Waals surface area contributed by atoms with Gasteiger partial charge in [0.1, 0.15) is 0 Å². The summed E-state index contributed by atoms with van der Waals surface area (Å²) in [6.45, 7) is 10.2. The highest BCUT2D eigenvalue weighted by molar-refractivity contribution is 5.46. The number of hydrogen-bond acceptors (Lipinski definition) is 2. The average molecular weight is 232 g/mol. The minimum atomic E-state index is 0.236. The van der Waals surface area contributed by atoms with E-state index in [9.17, 15) is 0 Å². The van der Waals surface area contributed by atoms with Crippen LogP contribution in [0.4, 0.5) is 5.69 Å². The molecule has 1 atom stereocenters. The molecule has 94 valence electrons. The molecule has 0 aliphatic carbocycles. The SMILES string of the molecule is CC(C)(C)NCC1CCN(c2ccccc2)C1. The fraction of sp³-hybridized carbons (Fsp3) is 0.600. The number of hydrogen-bond donors (Lipinski definition) is 1. The molecule has 1 saturated heterocycles. The standard InChI is InChI=1S/C15H24N2/c1-15(2,3)16-11-13-9-10-17(12-13)14-7-5-4-6-8-14/h4-8,13,16H,9-12H2,1-3H3. The van der Waals surface area contributed by atoms with Crippen LogP contribution in [0.1, 0.15) is 27.2 Å². The van der Waals surface area contributed by atoms with Crippen LogP contribution in [0.25, 0.3) is 0 Å². The second kappa shape index (κ2) is 5.09. The Morgan fingerprint density at radius 1 is 1.24 bits per heavy atom. The lowest BCUT2D eigenvalue weighted by Crippen LogP contribution is -2.39. The van der Waals surface area contributed by atoms with Crippen LogP contribution in [0.5, 0.6) is 0 Å². The van der Waals surface area contributed by atoms with E-state index in [4.69, 9.17) is 0 Å². The van der Waals surface area contributed by atoms with E-state index in [-0.39, 0.29) is 5.54 Å². The van der Waals surface area contributed by atoms with Crippen molar-refractivity contribution in [3.8, 4) is 0 Å². The quantitative estimate of drug-likeness (QED) is 0.862. The molecule has 1 aromatic carbocycles. The Kier molecular flexibility index (Phi) is 3.72. The van der Waals surface area contributed by atoms with Gasteiger partial charge in [-0.15, -0.1) is 0 Å². The van der Waals surface area contributed by atoms with Crippen LogP contribution in [-0.4, -0.2) is 25.2 Å². The number of nitrogens with one attached hydrogen (secondary N) is 1. The van der Waals surface area contributed by atoms with Crippen molar-refractivity contribution >= 4 is 5.69 Å². The average Bonchev–Trinajstić information content (AvgIpc) is 2.75. The normalized spacial score (nSPS) is 20.9. The zero-order valence-electron chi connectivity index (χ0n) is 11.2. The summed E-state index contributed by atoms with van der Waals surface area (Å²) < 4.78 is 0. The molecule has 1 fully saturated rings. The summed E-state index contributed by atoms with van der Waals surface area (Å²) >= 11 is 0. The molecule has 0 aromatic heterocycles. The van der Waals surface area contributed by atoms with Crippen LogP contribution in [0.3, 0.4) is 0 Å². The first-order valence-electron chi connectivity index (χ1n) is 6.60. The topological polar surface area (TPSA) is 15.3 Å². The summed E-state index contributed by atoms with van der Waals surface area (Å²) in [5.41, 5.74) is 1.60. The fourth-order valence-corrected chi connectivity index (χ4v) is 2.32. The molecule has 2 rings (SSSR count). The molecular formula is C15H24N2. The molecule has 2 nitrogen and oxygen atoms in total. The highest BCUT2D eigenvalue weighted by atomic mass is 15.2. The van der Waals surface area contributed by atoms with E-state index in [1.54, 1.807) is 0 Å². The van der Waals surface area contributed by atoms with Gasteiger partial charge < -0.3 is 10.2 Å². The van der Waals surface area contributed by atoms with Gasteiger partial charge in [-0.2, -0.15) is 0 Å². The Morgan fingerprint density at radius 3 is 2.59 bits per heavy atom. The van der Waals surface area contributed by atoms with Gasteiger partial charge in [-0.1, -0.05) is 18.2 Å². The molecule has 0 bridgehead atoms. The molecule has 0 spiro atoms. The minimum Gasteiger partial charge on any atom is -0.371 e. The van der Waals surface area contributed by atoms with Gasteiger partial charge in [0.25, 0.3) is 0 Å². The van der Waals surface area contributed by atoms with E-state index in [2.05, 4.69) is 61.3 Å². The summed E-state index contributed by atoms with van der Waals surface area (Å²) in [5.74, 6) is 0.787. The first-order valence-corrected chi connectivity index (χ1v) is 6.60. The third kappa shape index (κ3) is 3.74. The predicted octanol–water partition coefficient (Wildman–Crippen LogP) is 2.90. The van der Waals surface area contributed by atoms with E-state index in [1.807, 2.05) is 0 Å².